The minimum Gasteiger partial charge on any atom is -0.493 e. The van der Waals surface area contributed by atoms with E-state index >= 15 is 0 Å². The summed E-state index contributed by atoms with van der Waals surface area (Å²) in [6.07, 6.45) is 4.06. The number of hydrogen-bond donors (Lipinski definition) is 2. The number of nitrogens with two attached hydrogens (primary N) is 1. The van der Waals surface area contributed by atoms with Crippen molar-refractivity contribution in [1.82, 2.24) is 9.97 Å². The lowest BCUT2D eigenvalue weighted by Crippen LogP contribution is -2.59. The maximum atomic E-state index is 13.5. The number of rotatable bonds is 5. The van der Waals surface area contributed by atoms with Gasteiger partial charge in [0.2, 0.25) is 5.88 Å². The molecule has 0 spiro atoms. The number of nitrogens with zero attached hydrogens (tertiary/aromatic N) is 3. The van der Waals surface area contributed by atoms with Gasteiger partial charge in [0.15, 0.2) is 9.84 Å². The summed E-state index contributed by atoms with van der Waals surface area (Å²) in [5.41, 5.74) is 6.65. The Bertz CT molecular complexity index is 1370. The lowest BCUT2D eigenvalue weighted by atomic mass is 9.86. The van der Waals surface area contributed by atoms with Crippen LogP contribution in [0.25, 0.3) is 0 Å². The molecule has 36 heavy (non-hydrogen) atoms. The second-order valence-electron chi connectivity index (χ2n) is 10.4. The van der Waals surface area contributed by atoms with E-state index in [9.17, 15) is 13.2 Å². The van der Waals surface area contributed by atoms with Crippen molar-refractivity contribution in [2.24, 2.45) is 16.6 Å². The molecule has 2 atom stereocenters. The van der Waals surface area contributed by atoms with E-state index in [0.29, 0.717) is 41.1 Å². The molecule has 0 unspecified atom stereocenters. The number of aryl methyl sites for hydroxylation is 1. The molecule has 1 saturated carbocycles. The number of amides is 1. The fourth-order valence-corrected chi connectivity index (χ4v) is 7.00. The Hall–Kier alpha value is -3.21. The lowest BCUT2D eigenvalue weighted by Gasteiger charge is -2.43. The molecule has 0 saturated heterocycles. The summed E-state index contributed by atoms with van der Waals surface area (Å²) in [7, 11) is -3.68. The van der Waals surface area contributed by atoms with Gasteiger partial charge in [-0.1, -0.05) is 0 Å². The second-order valence-corrected chi connectivity index (χ2v) is 13.1. The minimum atomic E-state index is -3.68. The van der Waals surface area contributed by atoms with Crippen molar-refractivity contribution in [1.29, 1.82) is 0 Å². The van der Waals surface area contributed by atoms with Crippen LogP contribution in [0.3, 0.4) is 0 Å². The number of aliphatic imine (C=N–C) groups is 1. The predicted octanol–water partition coefficient (Wildman–Crippen LogP) is 2.76. The van der Waals surface area contributed by atoms with E-state index in [1.807, 2.05) is 0 Å². The Morgan fingerprint density at radius 1 is 1.25 bits per heavy atom. The first-order valence-corrected chi connectivity index (χ1v) is 13.6. The molecule has 1 aromatic heterocycles. The van der Waals surface area contributed by atoms with Gasteiger partial charge in [0, 0.05) is 17.7 Å². The van der Waals surface area contributed by atoms with E-state index in [-0.39, 0.29) is 24.6 Å². The molecule has 1 aromatic carbocycles. The highest BCUT2D eigenvalue weighted by molar-refractivity contribution is 7.94. The molecule has 2 aromatic rings. The average molecular weight is 514 g/mol. The van der Waals surface area contributed by atoms with Gasteiger partial charge in [0.05, 0.1) is 30.4 Å². The number of fused-ring (bicyclic) bond motifs is 3. The average Bonchev–Trinajstić information content (AvgIpc) is 3.65. The van der Waals surface area contributed by atoms with E-state index in [1.54, 1.807) is 45.9 Å². The van der Waals surface area contributed by atoms with Crippen molar-refractivity contribution in [3.05, 3.63) is 41.3 Å². The van der Waals surface area contributed by atoms with Crippen molar-refractivity contribution in [2.45, 2.75) is 62.5 Å². The van der Waals surface area contributed by atoms with Crippen LogP contribution in [0.4, 0.5) is 5.69 Å². The number of amidine groups is 1. The summed E-state index contributed by atoms with van der Waals surface area (Å²) in [5.74, 6) is 1.11. The predicted molar refractivity (Wildman–Crippen MR) is 135 cm³/mol. The molecule has 1 fully saturated rings. The second kappa shape index (κ2) is 8.43. The highest BCUT2D eigenvalue weighted by atomic mass is 32.2. The normalized spacial score (nSPS) is 25.9. The van der Waals surface area contributed by atoms with Crippen molar-refractivity contribution in [3.8, 4) is 11.6 Å². The monoisotopic (exact) mass is 513 g/mol. The fraction of sp³-hybridized carbons (Fsp3) is 0.520. The van der Waals surface area contributed by atoms with E-state index in [1.165, 1.54) is 19.0 Å². The molecule has 0 radical (unpaired) electrons. The summed E-state index contributed by atoms with van der Waals surface area (Å²) in [4.78, 5) is 26.4. The molecular formula is C25H31N5O5S. The number of sulfone groups is 1. The third-order valence-corrected chi connectivity index (χ3v) is 10.5. The molecule has 2 aliphatic heterocycles. The van der Waals surface area contributed by atoms with Crippen molar-refractivity contribution < 1.29 is 22.7 Å². The first kappa shape index (κ1) is 24.5. The zero-order valence-electron chi connectivity index (χ0n) is 20.9. The maximum absolute atomic E-state index is 13.5. The molecule has 192 valence electrons. The zero-order valence-corrected chi connectivity index (χ0v) is 21.7. The van der Waals surface area contributed by atoms with Crippen LogP contribution in [0.1, 0.15) is 61.8 Å². The van der Waals surface area contributed by atoms with Gasteiger partial charge in [0.1, 0.15) is 27.6 Å². The molecular weight excluding hydrogens is 482 g/mol. The van der Waals surface area contributed by atoms with Gasteiger partial charge < -0.3 is 20.5 Å². The van der Waals surface area contributed by atoms with Crippen LogP contribution in [0, 0.1) is 12.8 Å². The van der Waals surface area contributed by atoms with Gasteiger partial charge in [0.25, 0.3) is 5.91 Å². The topological polar surface area (TPSA) is 146 Å². The summed E-state index contributed by atoms with van der Waals surface area (Å²) < 4.78 is 37.3. The SMILES string of the molecule is Cc1nc(OCC2CC2)cnc1C(=O)Nc1ccc2c(c1)[C@@]1(C)N=C(N)C(C)(C)S(=O)(=O)[C@@H]1CCO2. The van der Waals surface area contributed by atoms with Crippen molar-refractivity contribution in [2.75, 3.05) is 18.5 Å². The third kappa shape index (κ3) is 3.99. The molecule has 10 nitrogen and oxygen atoms in total. The smallest absolute Gasteiger partial charge is 0.276 e. The number of hydrogen-bond acceptors (Lipinski definition) is 9. The van der Waals surface area contributed by atoms with Crippen molar-refractivity contribution in [3.63, 3.8) is 0 Å². The summed E-state index contributed by atoms with van der Waals surface area (Å²) >= 11 is 0. The minimum absolute atomic E-state index is 0.0541. The Morgan fingerprint density at radius 2 is 2.00 bits per heavy atom. The Kier molecular flexibility index (Phi) is 5.73. The van der Waals surface area contributed by atoms with Gasteiger partial charge >= 0.3 is 0 Å². The highest BCUT2D eigenvalue weighted by Gasteiger charge is 2.57. The quantitative estimate of drug-likeness (QED) is 0.621. The molecule has 3 N–H and O–H groups in total. The van der Waals surface area contributed by atoms with Crippen LogP contribution in [0.15, 0.2) is 29.4 Å². The Morgan fingerprint density at radius 3 is 2.69 bits per heavy atom. The number of carbonyl (C=O) groups excluding carboxylic acids is 1. The molecule has 11 heteroatoms. The van der Waals surface area contributed by atoms with Gasteiger partial charge in [-0.05, 0) is 64.7 Å². The van der Waals surface area contributed by atoms with Gasteiger partial charge in [-0.3, -0.25) is 9.79 Å². The first-order valence-electron chi connectivity index (χ1n) is 12.1. The number of carbonyl (C=O) groups is 1. The van der Waals surface area contributed by atoms with Gasteiger partial charge in [-0.25, -0.2) is 18.4 Å². The summed E-state index contributed by atoms with van der Waals surface area (Å²) in [6.45, 7) is 7.45. The fourth-order valence-electron chi connectivity index (χ4n) is 4.77. The maximum Gasteiger partial charge on any atom is 0.276 e. The largest absolute Gasteiger partial charge is 0.493 e. The van der Waals surface area contributed by atoms with Gasteiger partial charge in [-0.15, -0.1) is 0 Å². The van der Waals surface area contributed by atoms with Crippen LogP contribution in [-0.2, 0) is 15.4 Å². The lowest BCUT2D eigenvalue weighted by molar-refractivity contribution is 0.102. The van der Waals surface area contributed by atoms with E-state index in [0.717, 1.165) is 0 Å². The first-order chi connectivity index (χ1) is 16.9. The number of nitrogens with one attached hydrogen (secondary N) is 1. The van der Waals surface area contributed by atoms with Crippen LogP contribution >= 0.6 is 0 Å². The van der Waals surface area contributed by atoms with E-state index in [2.05, 4.69) is 15.3 Å². The van der Waals surface area contributed by atoms with Crippen LogP contribution in [0.2, 0.25) is 0 Å². The van der Waals surface area contributed by atoms with Crippen LogP contribution in [-0.4, -0.2) is 53.3 Å². The highest BCUT2D eigenvalue weighted by Crippen LogP contribution is 2.48. The standard InChI is InChI=1S/C25H31N5O5S/c1-14-21(27-12-20(28-14)35-13-15-5-6-15)22(31)29-16-7-8-18-17(11-16)25(4)19(9-10-34-18)36(32,33)24(2,3)23(26)30-25/h7-8,11-12,15,19H,5-6,9-10,13H2,1-4H3,(H2,26,30)(H,29,31)/t19-,25-/m1/s1. The van der Waals surface area contributed by atoms with Crippen LogP contribution < -0.4 is 20.5 Å². The molecule has 0 bridgehead atoms. The number of anilines is 1. The van der Waals surface area contributed by atoms with Gasteiger partial charge in [-0.2, -0.15) is 0 Å². The molecule has 1 amide bonds. The number of benzene rings is 1. The molecule has 3 aliphatic rings. The van der Waals surface area contributed by atoms with E-state index < -0.39 is 31.3 Å². The molecule has 3 heterocycles. The Labute approximate surface area is 210 Å². The molecule has 1 aliphatic carbocycles. The third-order valence-electron chi connectivity index (χ3n) is 7.41. The number of ether oxygens (including phenoxy) is 2. The zero-order chi connectivity index (χ0) is 25.9. The molecule has 5 rings (SSSR count). The number of aromatic nitrogens is 2. The summed E-state index contributed by atoms with van der Waals surface area (Å²) in [5, 5.41) is 2.02. The van der Waals surface area contributed by atoms with Crippen molar-refractivity contribution >= 4 is 27.3 Å². The summed E-state index contributed by atoms with van der Waals surface area (Å²) in [6, 6.07) is 5.11. The van der Waals surface area contributed by atoms with Crippen LogP contribution in [0.5, 0.6) is 11.6 Å². The van der Waals surface area contributed by atoms with E-state index in [4.69, 9.17) is 20.2 Å². The Balaban J connectivity index is 1.45.